The molecule has 1 aromatic heterocycles. The van der Waals surface area contributed by atoms with Crippen molar-refractivity contribution >= 4 is 48.9 Å². The number of hydrogen-bond acceptors (Lipinski definition) is 3. The summed E-state index contributed by atoms with van der Waals surface area (Å²) in [4.78, 5) is 0. The van der Waals surface area contributed by atoms with Gasteiger partial charge in [-0.1, -0.05) is 0 Å². The van der Waals surface area contributed by atoms with E-state index in [1.807, 2.05) is 0 Å². The number of halogens is 2. The van der Waals surface area contributed by atoms with Gasteiger partial charge in [-0.2, -0.15) is 0 Å². The van der Waals surface area contributed by atoms with Crippen LogP contribution in [0, 0.1) is 0 Å². The summed E-state index contributed by atoms with van der Waals surface area (Å²) in [7, 11) is -3.48. The van der Waals surface area contributed by atoms with E-state index in [1.54, 1.807) is 25.3 Å². The average Bonchev–Trinajstić information content (AvgIpc) is 2.50. The number of thiophene rings is 1. The third kappa shape index (κ3) is 3.42. The standard InChI is InChI=1S/C8H11BrClNO2S2/c1-8(2,5-10)11-15(12,13)7-6(9)3-4-14-7/h3-4,11H,5H2,1-2H3. The first kappa shape index (κ1) is 13.4. The molecule has 0 spiro atoms. The summed E-state index contributed by atoms with van der Waals surface area (Å²) in [6, 6.07) is 1.70. The molecule has 0 fully saturated rings. The Labute approximate surface area is 107 Å². The predicted molar refractivity (Wildman–Crippen MR) is 67.1 cm³/mol. The Hall–Kier alpha value is 0.380. The summed E-state index contributed by atoms with van der Waals surface area (Å²) in [5.41, 5.74) is -0.649. The molecular weight excluding hydrogens is 322 g/mol. The zero-order chi connectivity index (χ0) is 11.7. The van der Waals surface area contributed by atoms with Crippen molar-refractivity contribution in [2.45, 2.75) is 23.6 Å². The van der Waals surface area contributed by atoms with Gasteiger partial charge in [-0.25, -0.2) is 13.1 Å². The van der Waals surface area contributed by atoms with Crippen molar-refractivity contribution in [3.8, 4) is 0 Å². The average molecular weight is 333 g/mol. The van der Waals surface area contributed by atoms with E-state index in [0.717, 1.165) is 0 Å². The van der Waals surface area contributed by atoms with Gasteiger partial charge in [-0.15, -0.1) is 22.9 Å². The molecule has 86 valence electrons. The van der Waals surface area contributed by atoms with Gasteiger partial charge >= 0.3 is 0 Å². The van der Waals surface area contributed by atoms with Crippen LogP contribution in [-0.4, -0.2) is 19.8 Å². The third-order valence-corrected chi connectivity index (χ3v) is 6.61. The normalized spacial score (nSPS) is 13.1. The van der Waals surface area contributed by atoms with Crippen LogP contribution in [0.4, 0.5) is 0 Å². The molecule has 0 amide bonds. The van der Waals surface area contributed by atoms with Crippen LogP contribution in [0.5, 0.6) is 0 Å². The Kier molecular flexibility index (Phi) is 4.22. The molecule has 0 aliphatic carbocycles. The second-order valence-electron chi connectivity index (χ2n) is 3.68. The van der Waals surface area contributed by atoms with Crippen LogP contribution < -0.4 is 4.72 Å². The molecule has 0 bridgehead atoms. The van der Waals surface area contributed by atoms with E-state index in [-0.39, 0.29) is 10.1 Å². The van der Waals surface area contributed by atoms with Crippen LogP contribution >= 0.6 is 38.9 Å². The van der Waals surface area contributed by atoms with E-state index in [4.69, 9.17) is 11.6 Å². The van der Waals surface area contributed by atoms with Crippen molar-refractivity contribution in [2.75, 3.05) is 5.88 Å². The van der Waals surface area contributed by atoms with Crippen LogP contribution in [0.15, 0.2) is 20.1 Å². The highest BCUT2D eigenvalue weighted by Gasteiger charge is 2.27. The molecular formula is C8H11BrClNO2S2. The Morgan fingerprint density at radius 3 is 2.60 bits per heavy atom. The van der Waals surface area contributed by atoms with Gasteiger partial charge in [-0.3, -0.25) is 0 Å². The lowest BCUT2D eigenvalue weighted by Crippen LogP contribution is -2.44. The van der Waals surface area contributed by atoms with E-state index in [9.17, 15) is 8.42 Å². The number of rotatable bonds is 4. The van der Waals surface area contributed by atoms with Gasteiger partial charge in [0.25, 0.3) is 10.0 Å². The maximum absolute atomic E-state index is 11.9. The minimum atomic E-state index is -3.48. The highest BCUT2D eigenvalue weighted by Crippen LogP contribution is 2.28. The highest BCUT2D eigenvalue weighted by atomic mass is 79.9. The predicted octanol–water partition coefficient (Wildman–Crippen LogP) is 2.81. The molecule has 15 heavy (non-hydrogen) atoms. The fourth-order valence-electron chi connectivity index (χ4n) is 0.909. The highest BCUT2D eigenvalue weighted by molar-refractivity contribution is 9.10. The van der Waals surface area contributed by atoms with Gasteiger partial charge in [-0.05, 0) is 41.2 Å². The number of alkyl halides is 1. The number of sulfonamides is 1. The van der Waals surface area contributed by atoms with Crippen LogP contribution in [-0.2, 0) is 10.0 Å². The zero-order valence-electron chi connectivity index (χ0n) is 8.25. The largest absolute Gasteiger partial charge is 0.251 e. The number of nitrogens with one attached hydrogen (secondary N) is 1. The van der Waals surface area contributed by atoms with Gasteiger partial charge in [0.2, 0.25) is 0 Å². The number of hydrogen-bond donors (Lipinski definition) is 1. The molecule has 0 atom stereocenters. The fraction of sp³-hybridized carbons (Fsp3) is 0.500. The van der Waals surface area contributed by atoms with Crippen molar-refractivity contribution in [2.24, 2.45) is 0 Å². The van der Waals surface area contributed by atoms with Crippen LogP contribution in [0.2, 0.25) is 0 Å². The second-order valence-corrected chi connectivity index (χ2v) is 7.59. The van der Waals surface area contributed by atoms with Crippen molar-refractivity contribution in [3.05, 3.63) is 15.9 Å². The molecule has 1 aromatic rings. The molecule has 0 aliphatic rings. The molecule has 0 aromatic carbocycles. The molecule has 1 N–H and O–H groups in total. The lowest BCUT2D eigenvalue weighted by molar-refractivity contribution is 0.497. The van der Waals surface area contributed by atoms with E-state index >= 15 is 0 Å². The topological polar surface area (TPSA) is 46.2 Å². The Morgan fingerprint density at radius 2 is 2.20 bits per heavy atom. The van der Waals surface area contributed by atoms with Gasteiger partial charge < -0.3 is 0 Å². The summed E-state index contributed by atoms with van der Waals surface area (Å²) in [5.74, 6) is 0.217. The molecule has 0 saturated heterocycles. The molecule has 1 rings (SSSR count). The smallest absolute Gasteiger partial charge is 0.206 e. The van der Waals surface area contributed by atoms with Gasteiger partial charge in [0.05, 0.1) is 0 Å². The monoisotopic (exact) mass is 331 g/mol. The van der Waals surface area contributed by atoms with Crippen molar-refractivity contribution in [3.63, 3.8) is 0 Å². The van der Waals surface area contributed by atoms with Gasteiger partial charge in [0.15, 0.2) is 0 Å². The first-order valence-corrected chi connectivity index (χ1v) is 7.80. The molecule has 0 aliphatic heterocycles. The van der Waals surface area contributed by atoms with Crippen LogP contribution in [0.25, 0.3) is 0 Å². The maximum Gasteiger partial charge on any atom is 0.251 e. The van der Waals surface area contributed by atoms with Crippen molar-refractivity contribution in [1.29, 1.82) is 0 Å². The molecule has 1 heterocycles. The lowest BCUT2D eigenvalue weighted by Gasteiger charge is -2.22. The second kappa shape index (κ2) is 4.71. The van der Waals surface area contributed by atoms with E-state index in [0.29, 0.717) is 4.47 Å². The molecule has 0 unspecified atom stereocenters. The fourth-order valence-corrected chi connectivity index (χ4v) is 4.81. The first-order chi connectivity index (χ1) is 6.78. The summed E-state index contributed by atoms with van der Waals surface area (Å²) in [6.45, 7) is 3.47. The summed E-state index contributed by atoms with van der Waals surface area (Å²) >= 11 is 10.0. The quantitative estimate of drug-likeness (QED) is 0.862. The molecule has 3 nitrogen and oxygen atoms in total. The SMILES string of the molecule is CC(C)(CCl)NS(=O)(=O)c1sccc1Br. The Morgan fingerprint density at radius 1 is 1.60 bits per heavy atom. The minimum absolute atomic E-state index is 0.217. The van der Waals surface area contributed by atoms with E-state index in [1.165, 1.54) is 11.3 Å². The first-order valence-electron chi connectivity index (χ1n) is 4.11. The zero-order valence-corrected chi connectivity index (χ0v) is 12.2. The van der Waals surface area contributed by atoms with Crippen molar-refractivity contribution < 1.29 is 8.42 Å². The van der Waals surface area contributed by atoms with Crippen LogP contribution in [0.3, 0.4) is 0 Å². The lowest BCUT2D eigenvalue weighted by atomic mass is 10.1. The minimum Gasteiger partial charge on any atom is -0.206 e. The Balaban J connectivity index is 3.01. The van der Waals surface area contributed by atoms with E-state index < -0.39 is 15.6 Å². The molecule has 0 radical (unpaired) electrons. The maximum atomic E-state index is 11.9. The van der Waals surface area contributed by atoms with Gasteiger partial charge in [0, 0.05) is 15.9 Å². The molecule has 7 heteroatoms. The van der Waals surface area contributed by atoms with Gasteiger partial charge in [0.1, 0.15) is 4.21 Å². The summed E-state index contributed by atoms with van der Waals surface area (Å²) < 4.78 is 27.2. The Bertz CT molecular complexity index is 441. The summed E-state index contributed by atoms with van der Waals surface area (Å²) in [6.07, 6.45) is 0. The molecule has 0 saturated carbocycles. The third-order valence-electron chi connectivity index (χ3n) is 1.57. The van der Waals surface area contributed by atoms with Crippen molar-refractivity contribution in [1.82, 2.24) is 4.72 Å². The summed E-state index contributed by atoms with van der Waals surface area (Å²) in [5, 5.41) is 1.71. The van der Waals surface area contributed by atoms with E-state index in [2.05, 4.69) is 20.7 Å². The van der Waals surface area contributed by atoms with Crippen LogP contribution in [0.1, 0.15) is 13.8 Å².